The lowest BCUT2D eigenvalue weighted by atomic mass is 10.2. The summed E-state index contributed by atoms with van der Waals surface area (Å²) in [6.45, 7) is 0. The third kappa shape index (κ3) is 1.48. The zero-order valence-electron chi connectivity index (χ0n) is 4.97. The van der Waals surface area contributed by atoms with Crippen LogP contribution < -0.4 is 0 Å². The second-order valence-electron chi connectivity index (χ2n) is 1.74. The first kappa shape index (κ1) is 7.09. The molecule has 3 heteroatoms. The van der Waals surface area contributed by atoms with Gasteiger partial charge in [0.15, 0.2) is 0 Å². The van der Waals surface area contributed by atoms with Gasteiger partial charge in [0, 0.05) is 11.6 Å². The van der Waals surface area contributed by atoms with Gasteiger partial charge in [-0.05, 0) is 29.8 Å². The molecule has 1 N–H and O–H groups in total. The average Bonchev–Trinajstić information content (AvgIpc) is 1.88. The Balaban J connectivity index is 3.07. The first-order chi connectivity index (χ1) is 4.70. The van der Waals surface area contributed by atoms with E-state index in [1.165, 1.54) is 18.2 Å². The second kappa shape index (κ2) is 2.71. The number of benzene rings is 1. The molecule has 0 amide bonds. The summed E-state index contributed by atoms with van der Waals surface area (Å²) >= 11 is 5.11. The van der Waals surface area contributed by atoms with E-state index >= 15 is 0 Å². The van der Waals surface area contributed by atoms with Gasteiger partial charge < -0.3 is 5.11 Å². The Labute approximate surface area is 63.1 Å². The lowest BCUT2D eigenvalue weighted by molar-refractivity contribution is 0.108. The summed E-state index contributed by atoms with van der Waals surface area (Å²) in [5.74, 6) is -0.0773. The topological polar surface area (TPSA) is 37.3 Å². The third-order valence-electron chi connectivity index (χ3n) is 1.01. The van der Waals surface area contributed by atoms with Crippen LogP contribution in [0.5, 0.6) is 5.75 Å². The van der Waals surface area contributed by atoms with Crippen LogP contribution in [0.2, 0.25) is 0 Å². The third-order valence-corrected chi connectivity index (χ3v) is 1.23. The van der Waals surface area contributed by atoms with E-state index in [9.17, 15) is 4.79 Å². The Morgan fingerprint density at radius 2 is 2.40 bits per heavy atom. The average molecular weight is 156 g/mol. The van der Waals surface area contributed by atoms with Crippen molar-refractivity contribution in [1.82, 2.24) is 0 Å². The number of rotatable bonds is 1. The molecule has 0 aliphatic carbocycles. The number of carbonyl (C=O) groups is 1. The lowest BCUT2D eigenvalue weighted by Crippen LogP contribution is -1.85. The SMILES string of the molecule is O=C(Cl)c1cc[c]c(O)c1. The van der Waals surface area contributed by atoms with Crippen LogP contribution in [0.15, 0.2) is 18.2 Å². The number of halogens is 1. The smallest absolute Gasteiger partial charge is 0.252 e. The maximum atomic E-state index is 10.4. The van der Waals surface area contributed by atoms with E-state index in [-0.39, 0.29) is 11.3 Å². The molecule has 0 spiro atoms. The number of aromatic hydroxyl groups is 1. The van der Waals surface area contributed by atoms with Gasteiger partial charge in [-0.25, -0.2) is 0 Å². The van der Waals surface area contributed by atoms with Crippen LogP contribution in [0, 0.1) is 6.07 Å². The van der Waals surface area contributed by atoms with Crippen molar-refractivity contribution >= 4 is 16.8 Å². The molecule has 2 nitrogen and oxygen atoms in total. The first-order valence-corrected chi connectivity index (χ1v) is 2.98. The predicted molar refractivity (Wildman–Crippen MR) is 37.1 cm³/mol. The molecule has 1 aromatic carbocycles. The summed E-state index contributed by atoms with van der Waals surface area (Å²) in [6.07, 6.45) is 0. The summed E-state index contributed by atoms with van der Waals surface area (Å²) in [6, 6.07) is 6.65. The summed E-state index contributed by atoms with van der Waals surface area (Å²) in [4.78, 5) is 10.4. The molecule has 0 saturated heterocycles. The van der Waals surface area contributed by atoms with E-state index in [1.807, 2.05) is 0 Å². The van der Waals surface area contributed by atoms with Gasteiger partial charge in [-0.1, -0.05) is 0 Å². The highest BCUT2D eigenvalue weighted by atomic mass is 35.5. The van der Waals surface area contributed by atoms with Crippen molar-refractivity contribution < 1.29 is 9.90 Å². The zero-order chi connectivity index (χ0) is 7.56. The molecule has 0 aliphatic heterocycles. The van der Waals surface area contributed by atoms with E-state index in [2.05, 4.69) is 6.07 Å². The summed E-state index contributed by atoms with van der Waals surface area (Å²) in [5, 5.41) is 8.22. The molecule has 0 unspecified atom stereocenters. The molecule has 0 aromatic heterocycles. The number of phenolic OH excluding ortho intramolecular Hbond substituents is 1. The standard InChI is InChI=1S/C7H4ClO2/c8-7(10)5-2-1-3-6(9)4-5/h1-2,4,9H. The molecule has 0 saturated carbocycles. The van der Waals surface area contributed by atoms with E-state index < -0.39 is 5.24 Å². The van der Waals surface area contributed by atoms with Gasteiger partial charge in [0.05, 0.1) is 0 Å². The molecule has 0 heterocycles. The van der Waals surface area contributed by atoms with Crippen molar-refractivity contribution in [2.24, 2.45) is 0 Å². The number of carbonyl (C=O) groups excluding carboxylic acids is 1. The van der Waals surface area contributed by atoms with Gasteiger partial charge in [-0.3, -0.25) is 4.79 Å². The van der Waals surface area contributed by atoms with Gasteiger partial charge in [-0.2, -0.15) is 0 Å². The quantitative estimate of drug-likeness (QED) is 0.625. The Bertz CT molecular complexity index is 258. The predicted octanol–water partition coefficient (Wildman–Crippen LogP) is 1.57. The molecule has 1 aromatic rings. The molecule has 0 bridgehead atoms. The van der Waals surface area contributed by atoms with E-state index in [0.29, 0.717) is 0 Å². The highest BCUT2D eigenvalue weighted by Gasteiger charge is 2.00. The molecule has 0 fully saturated rings. The molecule has 0 aliphatic rings. The maximum absolute atomic E-state index is 10.4. The van der Waals surface area contributed by atoms with Crippen LogP contribution in [0.25, 0.3) is 0 Å². The van der Waals surface area contributed by atoms with Gasteiger partial charge >= 0.3 is 0 Å². The molecular formula is C7H4ClO2. The minimum atomic E-state index is -0.579. The van der Waals surface area contributed by atoms with E-state index in [1.54, 1.807) is 0 Å². The number of hydrogen-bond acceptors (Lipinski definition) is 2. The van der Waals surface area contributed by atoms with Crippen molar-refractivity contribution in [3.8, 4) is 5.75 Å². The van der Waals surface area contributed by atoms with Crippen LogP contribution in [0.1, 0.15) is 10.4 Å². The zero-order valence-corrected chi connectivity index (χ0v) is 5.72. The minimum Gasteiger partial charge on any atom is -0.507 e. The molecule has 51 valence electrons. The number of hydrogen-bond donors (Lipinski definition) is 1. The highest BCUT2D eigenvalue weighted by Crippen LogP contribution is 2.11. The summed E-state index contributed by atoms with van der Waals surface area (Å²) in [7, 11) is 0. The molecule has 1 rings (SSSR count). The van der Waals surface area contributed by atoms with Gasteiger partial charge in [0.1, 0.15) is 5.75 Å². The van der Waals surface area contributed by atoms with Crippen molar-refractivity contribution in [1.29, 1.82) is 0 Å². The molecule has 1 radical (unpaired) electrons. The minimum absolute atomic E-state index is 0.0773. The fourth-order valence-corrected chi connectivity index (χ4v) is 0.694. The fraction of sp³-hybridized carbons (Fsp3) is 0. The lowest BCUT2D eigenvalue weighted by Gasteiger charge is -1.91. The van der Waals surface area contributed by atoms with Crippen molar-refractivity contribution in [2.45, 2.75) is 0 Å². The first-order valence-electron chi connectivity index (χ1n) is 2.60. The largest absolute Gasteiger partial charge is 0.507 e. The highest BCUT2D eigenvalue weighted by molar-refractivity contribution is 6.67. The summed E-state index contributed by atoms with van der Waals surface area (Å²) in [5.41, 5.74) is 0.276. The van der Waals surface area contributed by atoms with Crippen molar-refractivity contribution in [2.75, 3.05) is 0 Å². The van der Waals surface area contributed by atoms with Gasteiger partial charge in [0.25, 0.3) is 5.24 Å². The van der Waals surface area contributed by atoms with E-state index in [0.717, 1.165) is 0 Å². The summed E-state index contributed by atoms with van der Waals surface area (Å²) < 4.78 is 0. The Hall–Kier alpha value is -1.02. The fourth-order valence-electron chi connectivity index (χ4n) is 0.576. The molecule has 0 atom stereocenters. The van der Waals surface area contributed by atoms with Crippen LogP contribution in [-0.2, 0) is 0 Å². The Kier molecular flexibility index (Phi) is 1.92. The normalized spacial score (nSPS) is 9.30. The Morgan fingerprint density at radius 1 is 1.70 bits per heavy atom. The van der Waals surface area contributed by atoms with Gasteiger partial charge in [0.2, 0.25) is 0 Å². The maximum Gasteiger partial charge on any atom is 0.252 e. The Morgan fingerprint density at radius 3 is 2.80 bits per heavy atom. The van der Waals surface area contributed by atoms with Crippen LogP contribution in [-0.4, -0.2) is 10.3 Å². The van der Waals surface area contributed by atoms with Crippen molar-refractivity contribution in [3.05, 3.63) is 29.8 Å². The molecular weight excluding hydrogens is 152 g/mol. The second-order valence-corrected chi connectivity index (χ2v) is 2.08. The van der Waals surface area contributed by atoms with Crippen molar-refractivity contribution in [3.63, 3.8) is 0 Å². The van der Waals surface area contributed by atoms with Gasteiger partial charge in [-0.15, -0.1) is 0 Å². The number of phenols is 1. The van der Waals surface area contributed by atoms with Crippen LogP contribution in [0.3, 0.4) is 0 Å². The van der Waals surface area contributed by atoms with Crippen LogP contribution in [0.4, 0.5) is 0 Å². The monoisotopic (exact) mass is 155 g/mol. The van der Waals surface area contributed by atoms with Crippen LogP contribution >= 0.6 is 11.6 Å². The molecule has 10 heavy (non-hydrogen) atoms. The van der Waals surface area contributed by atoms with E-state index in [4.69, 9.17) is 16.7 Å².